The van der Waals surface area contributed by atoms with E-state index in [2.05, 4.69) is 14.9 Å². The van der Waals surface area contributed by atoms with E-state index in [0.29, 0.717) is 17.5 Å². The van der Waals surface area contributed by atoms with Gasteiger partial charge < -0.3 is 9.15 Å². The number of carbonyl (C=O) groups is 2. The van der Waals surface area contributed by atoms with Crippen LogP contribution in [0.2, 0.25) is 0 Å². The first-order valence-corrected chi connectivity index (χ1v) is 11.0. The SMILES string of the molecule is COCc1nnc(-c2cccc(C(=O)NS(=O)(=O)c3ccc4c(c3)C(=O)CCC4)c2)o1. The molecule has 0 saturated carbocycles. The Labute approximate surface area is 178 Å². The maximum atomic E-state index is 12.7. The van der Waals surface area contributed by atoms with E-state index in [0.717, 1.165) is 18.4 Å². The van der Waals surface area contributed by atoms with Gasteiger partial charge in [-0.25, -0.2) is 13.1 Å². The number of sulfonamides is 1. The van der Waals surface area contributed by atoms with Crippen LogP contribution in [-0.4, -0.2) is 37.4 Å². The standard InChI is InChI=1S/C21H19N3O6S/c1-29-12-19-22-23-21(30-19)15-6-2-5-14(10-15)20(26)24-31(27,28)16-9-8-13-4-3-7-18(25)17(13)11-16/h2,5-6,8-11H,3-4,7,12H2,1H3,(H,24,26). The number of benzene rings is 2. The molecule has 0 radical (unpaired) electrons. The van der Waals surface area contributed by atoms with Gasteiger partial charge in [0.15, 0.2) is 5.78 Å². The van der Waals surface area contributed by atoms with Crippen LogP contribution in [0.4, 0.5) is 0 Å². The van der Waals surface area contributed by atoms with Gasteiger partial charge in [0.25, 0.3) is 15.9 Å². The van der Waals surface area contributed by atoms with E-state index in [1.807, 2.05) is 0 Å². The molecule has 1 heterocycles. The van der Waals surface area contributed by atoms with Gasteiger partial charge in [0.05, 0.1) is 4.90 Å². The Morgan fingerprint density at radius 3 is 2.81 bits per heavy atom. The molecule has 9 nitrogen and oxygen atoms in total. The minimum Gasteiger partial charge on any atom is -0.418 e. The second-order valence-corrected chi connectivity index (χ2v) is 8.73. The molecule has 31 heavy (non-hydrogen) atoms. The van der Waals surface area contributed by atoms with Crippen molar-refractivity contribution in [2.24, 2.45) is 0 Å². The second kappa shape index (κ2) is 8.40. The normalized spacial score (nSPS) is 13.6. The van der Waals surface area contributed by atoms with Gasteiger partial charge in [0.1, 0.15) is 6.61 Å². The molecule has 10 heteroatoms. The van der Waals surface area contributed by atoms with Gasteiger partial charge in [-0.05, 0) is 48.7 Å². The number of methoxy groups -OCH3 is 1. The summed E-state index contributed by atoms with van der Waals surface area (Å²) in [5.74, 6) is -0.457. The first kappa shape index (κ1) is 20.9. The quantitative estimate of drug-likeness (QED) is 0.618. The Kier molecular flexibility index (Phi) is 5.66. The van der Waals surface area contributed by atoms with Crippen LogP contribution in [0, 0.1) is 0 Å². The number of fused-ring (bicyclic) bond motifs is 1. The predicted molar refractivity (Wildman–Crippen MR) is 109 cm³/mol. The Morgan fingerprint density at radius 1 is 1.16 bits per heavy atom. The van der Waals surface area contributed by atoms with Crippen molar-refractivity contribution < 1.29 is 27.2 Å². The number of aryl methyl sites for hydroxylation is 1. The highest BCUT2D eigenvalue weighted by Crippen LogP contribution is 2.25. The molecule has 1 aromatic heterocycles. The fraction of sp³-hybridized carbons (Fsp3) is 0.238. The number of nitrogens with one attached hydrogen (secondary N) is 1. The molecule has 0 spiro atoms. The molecule has 1 amide bonds. The molecule has 0 saturated heterocycles. The molecule has 4 rings (SSSR count). The molecule has 0 unspecified atom stereocenters. The maximum Gasteiger partial charge on any atom is 0.265 e. The number of aromatic nitrogens is 2. The van der Waals surface area contributed by atoms with Crippen molar-refractivity contribution in [3.63, 3.8) is 0 Å². The number of nitrogens with zero attached hydrogens (tertiary/aromatic N) is 2. The van der Waals surface area contributed by atoms with Crippen LogP contribution in [0.5, 0.6) is 0 Å². The number of ether oxygens (including phenoxy) is 1. The minimum absolute atomic E-state index is 0.0928. The van der Waals surface area contributed by atoms with Crippen LogP contribution in [-0.2, 0) is 27.8 Å². The summed E-state index contributed by atoms with van der Waals surface area (Å²) in [6.07, 6.45) is 1.86. The molecule has 0 aliphatic heterocycles. The molecule has 160 valence electrons. The smallest absolute Gasteiger partial charge is 0.265 e. The second-order valence-electron chi connectivity index (χ2n) is 7.05. The highest BCUT2D eigenvalue weighted by atomic mass is 32.2. The van der Waals surface area contributed by atoms with E-state index in [-0.39, 0.29) is 34.6 Å². The van der Waals surface area contributed by atoms with Gasteiger partial charge in [0, 0.05) is 30.2 Å². The lowest BCUT2D eigenvalue weighted by atomic mass is 9.91. The summed E-state index contributed by atoms with van der Waals surface area (Å²) in [6.45, 7) is 0.148. The first-order valence-electron chi connectivity index (χ1n) is 9.52. The number of amides is 1. The lowest BCUT2D eigenvalue weighted by molar-refractivity contribution is 0.0968. The van der Waals surface area contributed by atoms with Gasteiger partial charge >= 0.3 is 0 Å². The van der Waals surface area contributed by atoms with Gasteiger partial charge in [0.2, 0.25) is 11.8 Å². The van der Waals surface area contributed by atoms with E-state index in [1.54, 1.807) is 18.2 Å². The molecular formula is C21H19N3O6S. The van der Waals surface area contributed by atoms with Gasteiger partial charge in [-0.15, -0.1) is 10.2 Å². The molecule has 0 fully saturated rings. The Hall–Kier alpha value is -3.37. The van der Waals surface area contributed by atoms with Crippen molar-refractivity contribution in [3.8, 4) is 11.5 Å². The van der Waals surface area contributed by atoms with Gasteiger partial charge in [-0.1, -0.05) is 12.1 Å². The summed E-state index contributed by atoms with van der Waals surface area (Å²) in [4.78, 5) is 24.6. The number of carbonyl (C=O) groups excluding carboxylic acids is 2. The highest BCUT2D eigenvalue weighted by molar-refractivity contribution is 7.90. The maximum absolute atomic E-state index is 12.7. The fourth-order valence-electron chi connectivity index (χ4n) is 3.36. The largest absolute Gasteiger partial charge is 0.418 e. The number of hydrogen-bond donors (Lipinski definition) is 1. The van der Waals surface area contributed by atoms with Crippen molar-refractivity contribution in [2.75, 3.05) is 7.11 Å². The van der Waals surface area contributed by atoms with Crippen LogP contribution >= 0.6 is 0 Å². The topological polar surface area (TPSA) is 128 Å². The third-order valence-corrected chi connectivity index (χ3v) is 6.20. The van der Waals surface area contributed by atoms with Crippen molar-refractivity contribution >= 4 is 21.7 Å². The van der Waals surface area contributed by atoms with Gasteiger partial charge in [-0.2, -0.15) is 0 Å². The van der Waals surface area contributed by atoms with E-state index < -0.39 is 15.9 Å². The summed E-state index contributed by atoms with van der Waals surface area (Å²) in [7, 11) is -2.67. The lowest BCUT2D eigenvalue weighted by Gasteiger charge is -2.16. The summed E-state index contributed by atoms with van der Waals surface area (Å²) in [5, 5.41) is 7.73. The van der Waals surface area contributed by atoms with E-state index in [9.17, 15) is 18.0 Å². The van der Waals surface area contributed by atoms with Gasteiger partial charge in [-0.3, -0.25) is 9.59 Å². The fourth-order valence-corrected chi connectivity index (χ4v) is 4.36. The third-order valence-electron chi connectivity index (χ3n) is 4.88. The molecule has 2 aromatic carbocycles. The zero-order valence-electron chi connectivity index (χ0n) is 16.6. The van der Waals surface area contributed by atoms with E-state index in [4.69, 9.17) is 9.15 Å². The Morgan fingerprint density at radius 2 is 2.00 bits per heavy atom. The average Bonchev–Trinajstić information content (AvgIpc) is 3.23. The zero-order valence-corrected chi connectivity index (χ0v) is 17.4. The van der Waals surface area contributed by atoms with Crippen LogP contribution in [0.3, 0.4) is 0 Å². The van der Waals surface area contributed by atoms with Crippen LogP contribution in [0.25, 0.3) is 11.5 Å². The first-order chi connectivity index (χ1) is 14.9. The summed E-state index contributed by atoms with van der Waals surface area (Å²) < 4.78 is 37.9. The van der Waals surface area contributed by atoms with E-state index >= 15 is 0 Å². The molecule has 1 N–H and O–H groups in total. The van der Waals surface area contributed by atoms with E-state index in [1.165, 1.54) is 31.4 Å². The Bertz CT molecular complexity index is 1270. The summed E-state index contributed by atoms with van der Waals surface area (Å²) in [6, 6.07) is 10.5. The number of rotatable bonds is 6. The highest BCUT2D eigenvalue weighted by Gasteiger charge is 2.24. The molecule has 1 aliphatic carbocycles. The number of ketones is 1. The minimum atomic E-state index is -4.16. The van der Waals surface area contributed by atoms with Crippen LogP contribution in [0.1, 0.15) is 45.0 Å². The van der Waals surface area contributed by atoms with Crippen molar-refractivity contribution in [1.29, 1.82) is 0 Å². The van der Waals surface area contributed by atoms with Crippen LogP contribution in [0.15, 0.2) is 51.8 Å². The molecule has 3 aromatic rings. The molecular weight excluding hydrogens is 422 g/mol. The molecule has 0 atom stereocenters. The number of hydrogen-bond acceptors (Lipinski definition) is 8. The zero-order chi connectivity index (χ0) is 22.0. The van der Waals surface area contributed by atoms with Crippen molar-refractivity contribution in [2.45, 2.75) is 30.8 Å². The Balaban J connectivity index is 1.56. The van der Waals surface area contributed by atoms with Crippen molar-refractivity contribution in [1.82, 2.24) is 14.9 Å². The molecule has 0 bridgehead atoms. The summed E-state index contributed by atoms with van der Waals surface area (Å²) in [5.41, 5.74) is 1.77. The van der Waals surface area contributed by atoms with Crippen molar-refractivity contribution in [3.05, 3.63) is 65.0 Å². The summed E-state index contributed by atoms with van der Waals surface area (Å²) >= 11 is 0. The monoisotopic (exact) mass is 441 g/mol. The number of Topliss-reactive ketones (excluding diaryl/α,β-unsaturated/α-hetero) is 1. The molecule has 1 aliphatic rings. The van der Waals surface area contributed by atoms with Crippen LogP contribution < -0.4 is 4.72 Å². The third kappa shape index (κ3) is 4.39. The lowest BCUT2D eigenvalue weighted by Crippen LogP contribution is -2.31. The average molecular weight is 441 g/mol. The predicted octanol–water partition coefficient (Wildman–Crippen LogP) is 2.52.